The Morgan fingerprint density at radius 3 is 1.74 bits per heavy atom. The maximum absolute atomic E-state index is 13.8. The van der Waals surface area contributed by atoms with Gasteiger partial charge in [-0.15, -0.1) is 0 Å². The highest BCUT2D eigenvalue weighted by atomic mass is 32.2. The van der Waals surface area contributed by atoms with Crippen molar-refractivity contribution in [1.29, 1.82) is 0 Å². The number of methoxy groups -OCH3 is 1. The van der Waals surface area contributed by atoms with Gasteiger partial charge in [-0.2, -0.15) is 26.3 Å². The third kappa shape index (κ3) is 12.5. The summed E-state index contributed by atoms with van der Waals surface area (Å²) in [5.74, 6) is -2.34. The number of carbonyl (C=O) groups is 3. The molecule has 0 saturated carbocycles. The zero-order valence-electron chi connectivity index (χ0n) is 36.5. The SMILES string of the molecule is CC(=O)CCC(=O)c1cc(C(F)(F)F)ccc1OCc1ccc(F)cc1.COC(=O)c1cc(N2CCCS2(=O)=O)cc(-n2c(C)ccc2-c2cc(C(F)(F)F)ccc2OCc2ccc(F)cc2)c1. The molecule has 0 radical (unpaired) electrons. The van der Waals surface area contributed by atoms with Crippen LogP contribution in [0.15, 0.2) is 115 Å². The van der Waals surface area contributed by atoms with Gasteiger partial charge in [0, 0.05) is 36.3 Å². The minimum atomic E-state index is -4.64. The van der Waals surface area contributed by atoms with Gasteiger partial charge in [0.25, 0.3) is 0 Å². The van der Waals surface area contributed by atoms with Gasteiger partial charge in [0.1, 0.15) is 42.1 Å². The molecule has 7 rings (SSSR count). The number of hydrogen-bond acceptors (Lipinski definition) is 8. The third-order valence-electron chi connectivity index (χ3n) is 10.6. The largest absolute Gasteiger partial charge is 0.488 e. The van der Waals surface area contributed by atoms with Crippen LogP contribution in [-0.4, -0.2) is 49.9 Å². The highest BCUT2D eigenvalue weighted by molar-refractivity contribution is 7.93. The molecule has 1 saturated heterocycles. The van der Waals surface area contributed by atoms with Crippen molar-refractivity contribution in [2.75, 3.05) is 23.7 Å². The fraction of sp³-hybridized carbons (Fsp3) is 0.245. The molecule has 358 valence electrons. The second-order valence-electron chi connectivity index (χ2n) is 15.5. The van der Waals surface area contributed by atoms with Gasteiger partial charge in [0.15, 0.2) is 5.78 Å². The molecule has 0 N–H and O–H groups in total. The van der Waals surface area contributed by atoms with E-state index in [1.54, 1.807) is 29.7 Å². The molecule has 0 spiro atoms. The van der Waals surface area contributed by atoms with Crippen molar-refractivity contribution in [3.8, 4) is 28.4 Å². The molecule has 5 aromatic carbocycles. The number of aromatic nitrogens is 1. The van der Waals surface area contributed by atoms with Gasteiger partial charge in [0.2, 0.25) is 10.0 Å². The Labute approximate surface area is 385 Å². The van der Waals surface area contributed by atoms with Crippen LogP contribution in [-0.2, 0) is 45.1 Å². The Morgan fingerprint density at radius 2 is 1.21 bits per heavy atom. The Kier molecular flexibility index (Phi) is 15.5. The van der Waals surface area contributed by atoms with Crippen molar-refractivity contribution in [1.82, 2.24) is 4.57 Å². The molecule has 0 amide bonds. The number of sulfonamides is 1. The van der Waals surface area contributed by atoms with E-state index < -0.39 is 56.9 Å². The lowest BCUT2D eigenvalue weighted by atomic mass is 10.0. The van der Waals surface area contributed by atoms with E-state index in [1.807, 2.05) is 0 Å². The molecule has 0 unspecified atom stereocenters. The van der Waals surface area contributed by atoms with Crippen molar-refractivity contribution in [3.63, 3.8) is 0 Å². The van der Waals surface area contributed by atoms with Crippen LogP contribution in [0.1, 0.15) is 74.8 Å². The summed E-state index contributed by atoms with van der Waals surface area (Å²) < 4.78 is 151. The fourth-order valence-corrected chi connectivity index (χ4v) is 8.66. The number of ether oxygens (including phenoxy) is 3. The molecule has 68 heavy (non-hydrogen) atoms. The van der Waals surface area contributed by atoms with E-state index in [-0.39, 0.29) is 78.0 Å². The van der Waals surface area contributed by atoms with Gasteiger partial charge in [-0.1, -0.05) is 24.3 Å². The van der Waals surface area contributed by atoms with Gasteiger partial charge in [-0.3, -0.25) is 9.10 Å². The van der Waals surface area contributed by atoms with Gasteiger partial charge in [-0.05, 0) is 122 Å². The second kappa shape index (κ2) is 20.9. The number of aryl methyl sites for hydroxylation is 1. The first-order valence-electron chi connectivity index (χ1n) is 20.7. The van der Waals surface area contributed by atoms with Crippen LogP contribution in [0, 0.1) is 18.6 Å². The summed E-state index contributed by atoms with van der Waals surface area (Å²) in [7, 11) is -2.41. The molecule has 2 heterocycles. The summed E-state index contributed by atoms with van der Waals surface area (Å²) in [6.45, 7) is 3.17. The lowest BCUT2D eigenvalue weighted by molar-refractivity contribution is -0.138. The normalized spacial score (nSPS) is 13.4. The van der Waals surface area contributed by atoms with Crippen LogP contribution in [0.4, 0.5) is 40.8 Å². The third-order valence-corrected chi connectivity index (χ3v) is 12.4. The molecule has 19 heteroatoms. The smallest absolute Gasteiger partial charge is 0.416 e. The standard InChI is InChI=1S/C30H26F4N2O5S.C19H16F4O3/c1-19-4-10-27(26-16-22(30(32,33)34)7-11-28(26)41-18-20-5-8-23(31)9-6-20)36(19)25-15-21(29(37)40-2)14-24(17-25)35-12-3-13-42(35,38)39;1-12(24)2-8-17(25)16-10-14(19(21,22)23)5-9-18(16)26-11-13-3-6-15(20)7-4-13/h4-11,14-17H,3,12-13,18H2,1-2H3;3-7,9-10H,2,8,11H2,1H3. The zero-order valence-corrected chi connectivity index (χ0v) is 37.3. The van der Waals surface area contributed by atoms with Crippen molar-refractivity contribution in [3.05, 3.63) is 166 Å². The van der Waals surface area contributed by atoms with Crippen LogP contribution >= 0.6 is 0 Å². The maximum atomic E-state index is 13.8. The molecule has 10 nitrogen and oxygen atoms in total. The van der Waals surface area contributed by atoms with E-state index in [9.17, 15) is 57.9 Å². The maximum Gasteiger partial charge on any atom is 0.416 e. The highest BCUT2D eigenvalue weighted by Gasteiger charge is 2.34. The van der Waals surface area contributed by atoms with Gasteiger partial charge < -0.3 is 23.6 Å². The first-order chi connectivity index (χ1) is 32.0. The van der Waals surface area contributed by atoms with Crippen molar-refractivity contribution < 1.29 is 72.1 Å². The van der Waals surface area contributed by atoms with E-state index in [1.165, 1.54) is 85.1 Å². The number of nitrogens with zero attached hydrogens (tertiary/aromatic N) is 2. The number of ketones is 2. The molecule has 0 aliphatic carbocycles. The van der Waals surface area contributed by atoms with Gasteiger partial charge >= 0.3 is 18.3 Å². The van der Waals surface area contributed by atoms with Crippen LogP contribution in [0.5, 0.6) is 11.5 Å². The Bertz CT molecular complexity index is 2910. The zero-order chi connectivity index (χ0) is 49.6. The second-order valence-corrected chi connectivity index (χ2v) is 17.6. The van der Waals surface area contributed by atoms with Crippen LogP contribution in [0.2, 0.25) is 0 Å². The minimum absolute atomic E-state index is 0.0177. The minimum Gasteiger partial charge on any atom is -0.488 e. The number of benzene rings is 5. The summed E-state index contributed by atoms with van der Waals surface area (Å²) in [5.41, 5.74) is 0.765. The number of alkyl halides is 6. The van der Waals surface area contributed by atoms with E-state index in [2.05, 4.69) is 0 Å². The number of hydrogen-bond donors (Lipinski definition) is 0. The number of esters is 1. The molecule has 1 aliphatic heterocycles. The average molecular weight is 971 g/mol. The Balaban J connectivity index is 0.000000252. The van der Waals surface area contributed by atoms with Gasteiger partial charge in [0.05, 0.1) is 46.5 Å². The van der Waals surface area contributed by atoms with Crippen molar-refractivity contribution in [2.45, 2.75) is 58.7 Å². The monoisotopic (exact) mass is 970 g/mol. The number of rotatable bonds is 14. The number of Topliss-reactive ketones (excluding diaryl/α,β-unsaturated/α-hetero) is 2. The first kappa shape index (κ1) is 50.4. The molecule has 6 aromatic rings. The average Bonchev–Trinajstić information content (AvgIpc) is 3.87. The molecule has 1 fully saturated rings. The summed E-state index contributed by atoms with van der Waals surface area (Å²) >= 11 is 0. The quantitative estimate of drug-likeness (QED) is 0.0601. The highest BCUT2D eigenvalue weighted by Crippen LogP contribution is 2.40. The van der Waals surface area contributed by atoms with E-state index in [0.717, 1.165) is 30.3 Å². The Hall–Kier alpha value is -7.02. The predicted molar refractivity (Wildman–Crippen MR) is 235 cm³/mol. The van der Waals surface area contributed by atoms with Crippen LogP contribution in [0.3, 0.4) is 0 Å². The van der Waals surface area contributed by atoms with Crippen molar-refractivity contribution >= 4 is 33.2 Å². The summed E-state index contributed by atoms with van der Waals surface area (Å²) in [6, 6.07) is 24.4. The van der Waals surface area contributed by atoms with Crippen molar-refractivity contribution in [2.24, 2.45) is 0 Å². The topological polar surface area (TPSA) is 121 Å². The number of halogens is 8. The van der Waals surface area contributed by atoms with E-state index >= 15 is 0 Å². The number of carbonyl (C=O) groups excluding carboxylic acids is 3. The first-order valence-corrected chi connectivity index (χ1v) is 22.3. The molecule has 1 aliphatic rings. The van der Waals surface area contributed by atoms with E-state index in [0.29, 0.717) is 34.6 Å². The summed E-state index contributed by atoms with van der Waals surface area (Å²) in [4.78, 5) is 35.9. The molecule has 0 bridgehead atoms. The molecule has 1 aromatic heterocycles. The van der Waals surface area contributed by atoms with Crippen LogP contribution < -0.4 is 13.8 Å². The molecule has 0 atom stereocenters. The molecular weight excluding hydrogens is 929 g/mol. The lowest BCUT2D eigenvalue weighted by Gasteiger charge is -2.21. The summed E-state index contributed by atoms with van der Waals surface area (Å²) in [6.07, 6.45) is -9.10. The summed E-state index contributed by atoms with van der Waals surface area (Å²) in [5, 5.41) is 0. The number of anilines is 1. The lowest BCUT2D eigenvalue weighted by Crippen LogP contribution is -2.25. The molecular formula is C49H42F8N2O8S. The fourth-order valence-electron chi connectivity index (χ4n) is 7.12. The van der Waals surface area contributed by atoms with Gasteiger partial charge in [-0.25, -0.2) is 22.0 Å². The van der Waals surface area contributed by atoms with Crippen LogP contribution in [0.25, 0.3) is 16.9 Å². The Morgan fingerprint density at radius 1 is 0.662 bits per heavy atom. The predicted octanol–water partition coefficient (Wildman–Crippen LogP) is 11.5. The van der Waals surface area contributed by atoms with E-state index in [4.69, 9.17) is 14.2 Å².